The van der Waals surface area contributed by atoms with Crippen LogP contribution in [0, 0.1) is 0 Å². The number of hydrogen-bond donors (Lipinski definition) is 1. The highest BCUT2D eigenvalue weighted by atomic mass is 16.5. The number of ketones is 1. The van der Waals surface area contributed by atoms with Crippen LogP contribution in [0.3, 0.4) is 0 Å². The Morgan fingerprint density at radius 1 is 1.12 bits per heavy atom. The highest BCUT2D eigenvalue weighted by molar-refractivity contribution is 5.97. The van der Waals surface area contributed by atoms with E-state index in [0.29, 0.717) is 18.8 Å². The molecular weight excluding hydrogens is 324 g/mol. The Kier molecular flexibility index (Phi) is 5.80. The molecule has 134 valence electrons. The van der Waals surface area contributed by atoms with E-state index in [1.165, 1.54) is 19.7 Å². The average molecular weight is 346 g/mol. The van der Waals surface area contributed by atoms with Crippen LogP contribution in [-0.4, -0.2) is 26.6 Å². The second-order valence-corrected chi connectivity index (χ2v) is 5.78. The molecule has 1 aromatic carbocycles. The van der Waals surface area contributed by atoms with Crippen LogP contribution in [0.1, 0.15) is 35.7 Å². The molecule has 1 heterocycles. The molecule has 0 aliphatic rings. The molecule has 7 nitrogen and oxygen atoms in total. The normalized spacial score (nSPS) is 10.7. The van der Waals surface area contributed by atoms with Crippen LogP contribution in [0.2, 0.25) is 0 Å². The highest BCUT2D eigenvalue weighted by Crippen LogP contribution is 2.15. The lowest BCUT2D eigenvalue weighted by Crippen LogP contribution is -2.40. The number of aryl methyl sites for hydroxylation is 1. The second kappa shape index (κ2) is 7.83. The van der Waals surface area contributed by atoms with Gasteiger partial charge in [-0.05, 0) is 30.5 Å². The molecule has 0 aliphatic carbocycles. The van der Waals surface area contributed by atoms with Crippen LogP contribution in [0.5, 0.6) is 11.6 Å². The maximum Gasteiger partial charge on any atom is 0.333 e. The minimum Gasteiger partial charge on any atom is -0.494 e. The van der Waals surface area contributed by atoms with Gasteiger partial charge in [-0.15, -0.1) is 0 Å². The van der Waals surface area contributed by atoms with Crippen molar-refractivity contribution in [3.63, 3.8) is 0 Å². The standard InChI is InChI=1S/C18H22N2O5/c1-4-12-7-9-13(10-8-12)25-11-5-6-14(21)15-16(22)19(2)18(24)20(3)17(15)23/h7-10,22H,4-6,11H2,1-3H3. The number of ether oxygens (including phenoxy) is 1. The first-order valence-corrected chi connectivity index (χ1v) is 8.10. The summed E-state index contributed by atoms with van der Waals surface area (Å²) in [4.78, 5) is 36.0. The number of carbonyl (C=O) groups excluding carboxylic acids is 1. The molecule has 0 aliphatic heterocycles. The van der Waals surface area contributed by atoms with Gasteiger partial charge >= 0.3 is 5.69 Å². The number of rotatable bonds is 7. The van der Waals surface area contributed by atoms with Gasteiger partial charge in [0, 0.05) is 20.5 Å². The zero-order valence-corrected chi connectivity index (χ0v) is 14.6. The van der Waals surface area contributed by atoms with E-state index >= 15 is 0 Å². The van der Waals surface area contributed by atoms with E-state index in [1.54, 1.807) is 0 Å². The lowest BCUT2D eigenvalue weighted by atomic mass is 10.1. The van der Waals surface area contributed by atoms with Crippen LogP contribution in [0.4, 0.5) is 0 Å². The number of aromatic nitrogens is 2. The summed E-state index contributed by atoms with van der Waals surface area (Å²) in [5.74, 6) is -0.404. The zero-order chi connectivity index (χ0) is 18.6. The number of hydrogen-bond acceptors (Lipinski definition) is 5. The molecule has 0 atom stereocenters. The van der Waals surface area contributed by atoms with Gasteiger partial charge in [-0.25, -0.2) is 4.79 Å². The Morgan fingerprint density at radius 2 is 1.76 bits per heavy atom. The van der Waals surface area contributed by atoms with Crippen molar-refractivity contribution in [3.8, 4) is 11.6 Å². The summed E-state index contributed by atoms with van der Waals surface area (Å²) in [6, 6.07) is 7.70. The Morgan fingerprint density at radius 3 is 2.36 bits per heavy atom. The molecular formula is C18H22N2O5. The van der Waals surface area contributed by atoms with Crippen LogP contribution in [-0.2, 0) is 20.5 Å². The Labute approximate surface area is 145 Å². The number of benzene rings is 1. The summed E-state index contributed by atoms with van der Waals surface area (Å²) in [5.41, 5.74) is -0.625. The molecule has 0 saturated carbocycles. The van der Waals surface area contributed by atoms with Crippen LogP contribution in [0.15, 0.2) is 33.9 Å². The summed E-state index contributed by atoms with van der Waals surface area (Å²) in [5, 5.41) is 9.94. The third kappa shape index (κ3) is 3.99. The van der Waals surface area contributed by atoms with Crippen molar-refractivity contribution in [2.75, 3.05) is 6.61 Å². The minimum atomic E-state index is -0.790. The summed E-state index contributed by atoms with van der Waals surface area (Å²) >= 11 is 0. The Hall–Kier alpha value is -2.83. The molecule has 1 aromatic heterocycles. The fourth-order valence-electron chi connectivity index (χ4n) is 2.45. The molecule has 0 unspecified atom stereocenters. The minimum absolute atomic E-state index is 0.0358. The maximum atomic E-state index is 12.3. The van der Waals surface area contributed by atoms with Crippen LogP contribution < -0.4 is 16.0 Å². The van der Waals surface area contributed by atoms with E-state index < -0.39 is 22.9 Å². The van der Waals surface area contributed by atoms with Crippen molar-refractivity contribution in [1.29, 1.82) is 0 Å². The highest BCUT2D eigenvalue weighted by Gasteiger charge is 2.21. The topological polar surface area (TPSA) is 90.5 Å². The average Bonchev–Trinajstić information content (AvgIpc) is 2.62. The first-order valence-electron chi connectivity index (χ1n) is 8.10. The van der Waals surface area contributed by atoms with E-state index in [-0.39, 0.29) is 12.0 Å². The molecule has 0 bridgehead atoms. The summed E-state index contributed by atoms with van der Waals surface area (Å²) in [7, 11) is 2.57. The molecule has 0 amide bonds. The van der Waals surface area contributed by atoms with Crippen molar-refractivity contribution in [3.05, 3.63) is 56.2 Å². The van der Waals surface area contributed by atoms with Crippen molar-refractivity contribution in [1.82, 2.24) is 9.13 Å². The number of nitrogens with zero attached hydrogens (tertiary/aromatic N) is 2. The fraction of sp³-hybridized carbons (Fsp3) is 0.389. The summed E-state index contributed by atoms with van der Waals surface area (Å²) in [6.07, 6.45) is 1.38. The summed E-state index contributed by atoms with van der Waals surface area (Å²) < 4.78 is 7.25. The molecule has 2 aromatic rings. The van der Waals surface area contributed by atoms with E-state index in [4.69, 9.17) is 4.74 Å². The lowest BCUT2D eigenvalue weighted by Gasteiger charge is -2.10. The Bertz CT molecular complexity index is 878. The van der Waals surface area contributed by atoms with Gasteiger partial charge in [0.1, 0.15) is 11.3 Å². The monoisotopic (exact) mass is 346 g/mol. The number of Topliss-reactive ketones (excluding diaryl/α,β-unsaturated/α-hetero) is 1. The SMILES string of the molecule is CCc1ccc(OCCCC(=O)c2c(O)n(C)c(=O)n(C)c2=O)cc1. The molecule has 2 rings (SSSR count). The quantitative estimate of drug-likeness (QED) is 0.604. The molecule has 1 N–H and O–H groups in total. The van der Waals surface area contributed by atoms with E-state index in [1.807, 2.05) is 24.3 Å². The predicted octanol–water partition coefficient (Wildman–Crippen LogP) is 1.39. The largest absolute Gasteiger partial charge is 0.494 e. The molecule has 0 spiro atoms. The van der Waals surface area contributed by atoms with Gasteiger partial charge in [0.25, 0.3) is 5.56 Å². The first kappa shape index (κ1) is 18.5. The van der Waals surface area contributed by atoms with Gasteiger partial charge in [-0.1, -0.05) is 19.1 Å². The first-order chi connectivity index (χ1) is 11.9. The van der Waals surface area contributed by atoms with E-state index in [2.05, 4.69) is 6.92 Å². The van der Waals surface area contributed by atoms with Crippen LogP contribution >= 0.6 is 0 Å². The molecule has 0 saturated heterocycles. The summed E-state index contributed by atoms with van der Waals surface area (Å²) in [6.45, 7) is 2.38. The molecule has 0 radical (unpaired) electrons. The van der Waals surface area contributed by atoms with Gasteiger partial charge in [0.2, 0.25) is 5.88 Å². The van der Waals surface area contributed by atoms with Crippen molar-refractivity contribution < 1.29 is 14.6 Å². The lowest BCUT2D eigenvalue weighted by molar-refractivity contribution is 0.0966. The van der Waals surface area contributed by atoms with Gasteiger partial charge in [-0.2, -0.15) is 0 Å². The van der Waals surface area contributed by atoms with Crippen molar-refractivity contribution in [2.45, 2.75) is 26.2 Å². The van der Waals surface area contributed by atoms with Gasteiger partial charge < -0.3 is 9.84 Å². The molecule has 0 fully saturated rings. The smallest absolute Gasteiger partial charge is 0.333 e. The van der Waals surface area contributed by atoms with Gasteiger partial charge in [0.05, 0.1) is 6.61 Å². The van der Waals surface area contributed by atoms with Crippen molar-refractivity contribution in [2.24, 2.45) is 14.1 Å². The number of aromatic hydroxyl groups is 1. The maximum absolute atomic E-state index is 12.3. The molecule has 7 heteroatoms. The third-order valence-electron chi connectivity index (χ3n) is 4.06. The predicted molar refractivity (Wildman–Crippen MR) is 93.5 cm³/mol. The molecule has 25 heavy (non-hydrogen) atoms. The number of carbonyl (C=O) groups is 1. The van der Waals surface area contributed by atoms with Gasteiger partial charge in [0.15, 0.2) is 5.78 Å². The van der Waals surface area contributed by atoms with Gasteiger partial charge in [-0.3, -0.25) is 18.7 Å². The van der Waals surface area contributed by atoms with E-state index in [9.17, 15) is 19.5 Å². The Balaban J connectivity index is 1.99. The third-order valence-corrected chi connectivity index (χ3v) is 4.06. The van der Waals surface area contributed by atoms with Crippen molar-refractivity contribution >= 4 is 5.78 Å². The van der Waals surface area contributed by atoms with Crippen LogP contribution in [0.25, 0.3) is 0 Å². The fourth-order valence-corrected chi connectivity index (χ4v) is 2.45. The zero-order valence-electron chi connectivity index (χ0n) is 14.6. The van der Waals surface area contributed by atoms with E-state index in [0.717, 1.165) is 15.6 Å². The second-order valence-electron chi connectivity index (χ2n) is 5.78.